The van der Waals surface area contributed by atoms with Crippen LogP contribution in [-0.2, 0) is 0 Å². The minimum atomic E-state index is 0.733. The summed E-state index contributed by atoms with van der Waals surface area (Å²) in [6.45, 7) is 3.92. The van der Waals surface area contributed by atoms with Gasteiger partial charge in [-0.25, -0.2) is 0 Å². The average Bonchev–Trinajstić information content (AvgIpc) is 3.88. The second-order valence-electron chi connectivity index (χ2n) is 13.1. The van der Waals surface area contributed by atoms with Crippen molar-refractivity contribution in [1.82, 2.24) is 4.98 Å². The molecule has 0 saturated carbocycles. The standard InChI is InChI=1S/C47H30N2O2S/c1-3-42-40(26-48-2)36-22-32(10-14-43(36)50-42)30-8-4-6-28(20-30)29-7-5-9-31(21-29)34-12-16-46-38(24-34)39-25-35(13-17-47(39)52-46)33-11-15-44-37(23-33)41-27-49-19-18-45(41)51-44/h3-27H,1H2,2H3. The average molecular weight is 687 g/mol. The molecule has 0 saturated heterocycles. The summed E-state index contributed by atoms with van der Waals surface area (Å²) < 4.78 is 14.6. The van der Waals surface area contributed by atoms with E-state index in [1.54, 1.807) is 19.3 Å². The molecule has 246 valence electrons. The predicted octanol–water partition coefficient (Wildman–Crippen LogP) is 13.5. The molecule has 0 bridgehead atoms. The van der Waals surface area contributed by atoms with Crippen molar-refractivity contribution < 1.29 is 8.83 Å². The summed E-state index contributed by atoms with van der Waals surface area (Å²) in [7, 11) is 1.77. The topological polar surface area (TPSA) is 51.5 Å². The molecule has 0 atom stereocenters. The van der Waals surface area contributed by atoms with Crippen LogP contribution in [0.15, 0.2) is 160 Å². The van der Waals surface area contributed by atoms with Gasteiger partial charge in [0.15, 0.2) is 0 Å². The first-order valence-corrected chi connectivity index (χ1v) is 18.0. The van der Waals surface area contributed by atoms with E-state index in [1.165, 1.54) is 48.0 Å². The molecule has 4 nitrogen and oxygen atoms in total. The maximum atomic E-state index is 6.06. The molecule has 0 aliphatic carbocycles. The molecule has 0 spiro atoms. The Labute approximate surface area is 303 Å². The third kappa shape index (κ3) is 4.97. The van der Waals surface area contributed by atoms with Crippen LogP contribution in [0.2, 0.25) is 0 Å². The van der Waals surface area contributed by atoms with Crippen LogP contribution >= 0.6 is 11.3 Å². The number of aliphatic imine (C=N–C) groups is 1. The Kier molecular flexibility index (Phi) is 7.01. The molecule has 0 fully saturated rings. The van der Waals surface area contributed by atoms with E-state index in [2.05, 4.69) is 132 Å². The van der Waals surface area contributed by atoms with Gasteiger partial charge in [-0.3, -0.25) is 9.98 Å². The van der Waals surface area contributed by atoms with Crippen molar-refractivity contribution in [2.45, 2.75) is 0 Å². The molecule has 10 aromatic rings. The fraction of sp³-hybridized carbons (Fsp3) is 0.0213. The van der Waals surface area contributed by atoms with Crippen molar-refractivity contribution in [1.29, 1.82) is 0 Å². The Hall–Kier alpha value is -6.56. The Morgan fingerprint density at radius 1 is 0.538 bits per heavy atom. The maximum Gasteiger partial charge on any atom is 0.138 e. The predicted molar refractivity (Wildman–Crippen MR) is 220 cm³/mol. The van der Waals surface area contributed by atoms with Gasteiger partial charge in [-0.1, -0.05) is 67.2 Å². The van der Waals surface area contributed by atoms with Gasteiger partial charge in [-0.05, 0) is 117 Å². The second-order valence-corrected chi connectivity index (χ2v) is 14.1. The first-order chi connectivity index (χ1) is 25.6. The Bertz CT molecular complexity index is 3070. The van der Waals surface area contributed by atoms with Crippen molar-refractivity contribution in [2.24, 2.45) is 4.99 Å². The van der Waals surface area contributed by atoms with Gasteiger partial charge in [-0.15, -0.1) is 11.3 Å². The highest BCUT2D eigenvalue weighted by atomic mass is 32.1. The summed E-state index contributed by atoms with van der Waals surface area (Å²) >= 11 is 1.84. The molecule has 4 aromatic heterocycles. The molecule has 4 heterocycles. The summed E-state index contributed by atoms with van der Waals surface area (Å²) in [6.07, 6.45) is 7.23. The molecule has 0 aliphatic heterocycles. The zero-order chi connectivity index (χ0) is 34.8. The minimum absolute atomic E-state index is 0.733. The summed E-state index contributed by atoms with van der Waals surface area (Å²) in [5.74, 6) is 0.733. The number of benzene rings is 6. The molecule has 0 amide bonds. The SMILES string of the molecule is C=Cc1oc2ccc(-c3cccc(-c4cccc(-c5ccc6sc7ccc(-c8ccc9oc%10ccncc%10c9c8)cc7c6c5)c4)c3)cc2c1C=NC. The second kappa shape index (κ2) is 12.0. The van der Waals surface area contributed by atoms with Gasteiger partial charge >= 0.3 is 0 Å². The molecule has 52 heavy (non-hydrogen) atoms. The normalized spacial score (nSPS) is 11.9. The molecule has 0 aliphatic rings. The Balaban J connectivity index is 1.01. The summed E-state index contributed by atoms with van der Waals surface area (Å²) in [5, 5.41) is 5.69. The number of furan rings is 2. The molecule has 0 N–H and O–H groups in total. The van der Waals surface area contributed by atoms with E-state index in [0.29, 0.717) is 0 Å². The van der Waals surface area contributed by atoms with Crippen LogP contribution in [0.3, 0.4) is 0 Å². The molecule has 0 unspecified atom stereocenters. The molecule has 10 rings (SSSR count). The van der Waals surface area contributed by atoms with Crippen molar-refractivity contribution in [3.8, 4) is 44.5 Å². The Morgan fingerprint density at radius 2 is 1.04 bits per heavy atom. The maximum absolute atomic E-state index is 6.06. The number of thiophene rings is 1. The lowest BCUT2D eigenvalue weighted by atomic mass is 9.95. The number of rotatable bonds is 6. The van der Waals surface area contributed by atoms with Crippen LogP contribution < -0.4 is 0 Å². The van der Waals surface area contributed by atoms with Gasteiger partial charge < -0.3 is 8.83 Å². The first-order valence-electron chi connectivity index (χ1n) is 17.2. The van der Waals surface area contributed by atoms with Gasteiger partial charge in [0.1, 0.15) is 22.5 Å². The Morgan fingerprint density at radius 3 is 1.62 bits per heavy atom. The molecular weight excluding hydrogens is 657 g/mol. The van der Waals surface area contributed by atoms with Crippen LogP contribution in [-0.4, -0.2) is 18.2 Å². The quantitative estimate of drug-likeness (QED) is 0.164. The van der Waals surface area contributed by atoms with Crippen LogP contribution in [0.1, 0.15) is 11.3 Å². The van der Waals surface area contributed by atoms with Crippen molar-refractivity contribution in [3.05, 3.63) is 158 Å². The number of fused-ring (bicyclic) bond motifs is 7. The van der Waals surface area contributed by atoms with E-state index in [-0.39, 0.29) is 0 Å². The fourth-order valence-electron chi connectivity index (χ4n) is 7.42. The number of pyridine rings is 1. The van der Waals surface area contributed by atoms with Gasteiger partial charge in [0, 0.05) is 67.6 Å². The number of aromatic nitrogens is 1. The van der Waals surface area contributed by atoms with Gasteiger partial charge in [0.2, 0.25) is 0 Å². The van der Waals surface area contributed by atoms with E-state index in [0.717, 1.165) is 60.9 Å². The fourth-order valence-corrected chi connectivity index (χ4v) is 8.49. The van der Waals surface area contributed by atoms with Gasteiger partial charge in [0.25, 0.3) is 0 Å². The van der Waals surface area contributed by atoms with Crippen molar-refractivity contribution in [3.63, 3.8) is 0 Å². The zero-order valence-electron chi connectivity index (χ0n) is 28.3. The smallest absolute Gasteiger partial charge is 0.138 e. The minimum Gasteiger partial charge on any atom is -0.456 e. The van der Waals surface area contributed by atoms with Crippen molar-refractivity contribution >= 4 is 76.7 Å². The van der Waals surface area contributed by atoms with Crippen LogP contribution in [0.5, 0.6) is 0 Å². The molecule has 0 radical (unpaired) electrons. The lowest BCUT2D eigenvalue weighted by Crippen LogP contribution is -1.85. The first kappa shape index (κ1) is 30.3. The highest BCUT2D eigenvalue weighted by Gasteiger charge is 2.14. The van der Waals surface area contributed by atoms with E-state index < -0.39 is 0 Å². The molecular formula is C47H30N2O2S. The lowest BCUT2D eigenvalue weighted by Gasteiger charge is -2.09. The number of hydrogen-bond acceptors (Lipinski definition) is 5. The van der Waals surface area contributed by atoms with Crippen molar-refractivity contribution in [2.75, 3.05) is 7.05 Å². The highest BCUT2D eigenvalue weighted by Crippen LogP contribution is 2.40. The summed E-state index contributed by atoms with van der Waals surface area (Å²) in [6, 6.07) is 45.9. The van der Waals surface area contributed by atoms with E-state index in [9.17, 15) is 0 Å². The van der Waals surface area contributed by atoms with Crippen LogP contribution in [0.4, 0.5) is 0 Å². The molecule has 6 aromatic carbocycles. The monoisotopic (exact) mass is 686 g/mol. The number of nitrogens with zero attached hydrogens (tertiary/aromatic N) is 2. The molecule has 5 heteroatoms. The van der Waals surface area contributed by atoms with Gasteiger partial charge in [0.05, 0.1) is 0 Å². The van der Waals surface area contributed by atoms with Crippen LogP contribution in [0.25, 0.3) is 104 Å². The van der Waals surface area contributed by atoms with E-state index in [4.69, 9.17) is 8.83 Å². The number of hydrogen-bond donors (Lipinski definition) is 0. The summed E-state index contributed by atoms with van der Waals surface area (Å²) in [5.41, 5.74) is 12.8. The van der Waals surface area contributed by atoms with E-state index >= 15 is 0 Å². The van der Waals surface area contributed by atoms with Crippen LogP contribution in [0, 0.1) is 0 Å². The largest absolute Gasteiger partial charge is 0.456 e. The zero-order valence-corrected chi connectivity index (χ0v) is 29.1. The third-order valence-electron chi connectivity index (χ3n) is 10.00. The summed E-state index contributed by atoms with van der Waals surface area (Å²) in [4.78, 5) is 8.58. The third-order valence-corrected chi connectivity index (χ3v) is 11.1. The lowest BCUT2D eigenvalue weighted by molar-refractivity contribution is 0.604. The van der Waals surface area contributed by atoms with E-state index in [1.807, 2.05) is 35.9 Å². The highest BCUT2D eigenvalue weighted by molar-refractivity contribution is 7.25. The van der Waals surface area contributed by atoms with Gasteiger partial charge in [-0.2, -0.15) is 0 Å².